The monoisotopic (exact) mass is 136 g/mol. The Balaban J connectivity index is 2.77. The molecule has 3 heteroatoms. The molecule has 2 nitrogen and oxygen atoms in total. The summed E-state index contributed by atoms with van der Waals surface area (Å²) in [4.78, 5) is 4.50. The molecule has 0 unspecified atom stereocenters. The van der Waals surface area contributed by atoms with Crippen molar-refractivity contribution in [3.05, 3.63) is 23.3 Å². The van der Waals surface area contributed by atoms with Crippen LogP contribution in [0.4, 0.5) is 0 Å². The summed E-state index contributed by atoms with van der Waals surface area (Å²) in [6, 6.07) is 2.03. The van der Waals surface area contributed by atoms with Crippen LogP contribution in [-0.2, 0) is 0 Å². The van der Waals surface area contributed by atoms with E-state index in [2.05, 4.69) is 4.99 Å². The molecule has 0 aromatic carbocycles. The summed E-state index contributed by atoms with van der Waals surface area (Å²) in [5.74, 6) is 0. The number of hydrogen-bond acceptors (Lipinski definition) is 3. The van der Waals surface area contributed by atoms with Crippen LogP contribution in [0.2, 0.25) is 0 Å². The van der Waals surface area contributed by atoms with Crippen molar-refractivity contribution in [2.75, 3.05) is 0 Å². The first-order valence-corrected chi connectivity index (χ1v) is 3.26. The molecule has 0 amide bonds. The highest BCUT2D eigenvalue weighted by molar-refractivity contribution is 8.15. The van der Waals surface area contributed by atoms with Crippen LogP contribution in [0.25, 0.3) is 0 Å². The zero-order valence-electron chi connectivity index (χ0n) is 4.61. The molecular formula is C6H4N2S. The second-order valence-electron chi connectivity index (χ2n) is 1.36. The zero-order chi connectivity index (χ0) is 6.53. The molecule has 0 N–H and O–H groups in total. The fourth-order valence-electron chi connectivity index (χ4n) is 0.405. The average Bonchev–Trinajstić information content (AvgIpc) is 2.13. The number of rotatable bonds is 0. The molecule has 0 atom stereocenters. The van der Waals surface area contributed by atoms with Crippen LogP contribution >= 0.6 is 11.8 Å². The molecule has 0 radical (unpaired) electrons. The number of aliphatic imine (C=N–C) groups is 1. The van der Waals surface area contributed by atoms with Gasteiger partial charge in [0.15, 0.2) is 0 Å². The highest BCUT2D eigenvalue weighted by Crippen LogP contribution is 2.12. The fourth-order valence-corrected chi connectivity index (χ4v) is 0.860. The number of nitriles is 1. The zero-order valence-corrected chi connectivity index (χ0v) is 5.43. The molecule has 0 aromatic heterocycles. The molecule has 0 spiro atoms. The van der Waals surface area contributed by atoms with Crippen molar-refractivity contribution in [1.29, 1.82) is 5.26 Å². The SMILES string of the molecule is N#CC1=CC=CN=CS1. The topological polar surface area (TPSA) is 36.1 Å². The van der Waals surface area contributed by atoms with Gasteiger partial charge >= 0.3 is 0 Å². The minimum Gasteiger partial charge on any atom is -0.258 e. The predicted molar refractivity (Wildman–Crippen MR) is 38.9 cm³/mol. The van der Waals surface area contributed by atoms with Crippen molar-refractivity contribution in [3.8, 4) is 6.07 Å². The molecule has 0 fully saturated rings. The van der Waals surface area contributed by atoms with Crippen molar-refractivity contribution in [2.45, 2.75) is 0 Å². The maximum Gasteiger partial charge on any atom is 0.107 e. The Kier molecular flexibility index (Phi) is 2.11. The fraction of sp³-hybridized carbons (Fsp3) is 0. The molecule has 1 aliphatic rings. The lowest BCUT2D eigenvalue weighted by molar-refractivity contribution is 1.53. The van der Waals surface area contributed by atoms with Gasteiger partial charge in [0.1, 0.15) is 6.07 Å². The summed E-state index contributed by atoms with van der Waals surface area (Å²) in [5.41, 5.74) is 1.64. The maximum absolute atomic E-state index is 8.38. The van der Waals surface area contributed by atoms with Gasteiger partial charge in [0.05, 0.1) is 10.5 Å². The lowest BCUT2D eigenvalue weighted by Crippen LogP contribution is -1.65. The van der Waals surface area contributed by atoms with Gasteiger partial charge in [-0.3, -0.25) is 4.99 Å². The highest BCUT2D eigenvalue weighted by Gasteiger charge is 1.91. The van der Waals surface area contributed by atoms with E-state index in [1.807, 2.05) is 6.07 Å². The average molecular weight is 136 g/mol. The summed E-state index contributed by atoms with van der Waals surface area (Å²) in [7, 11) is 0. The minimum absolute atomic E-state index is 0.674. The molecule has 9 heavy (non-hydrogen) atoms. The number of thioether (sulfide) groups is 1. The molecule has 0 aliphatic carbocycles. The van der Waals surface area contributed by atoms with Crippen LogP contribution in [-0.4, -0.2) is 5.55 Å². The molecule has 1 aliphatic heterocycles. The normalized spacial score (nSPS) is 16.1. The van der Waals surface area contributed by atoms with Crippen molar-refractivity contribution >= 4 is 17.3 Å². The van der Waals surface area contributed by atoms with E-state index in [9.17, 15) is 0 Å². The summed E-state index contributed by atoms with van der Waals surface area (Å²) < 4.78 is 0. The smallest absolute Gasteiger partial charge is 0.107 e. The Morgan fingerprint density at radius 2 is 2.56 bits per heavy atom. The van der Waals surface area contributed by atoms with E-state index in [-0.39, 0.29) is 0 Å². The van der Waals surface area contributed by atoms with Crippen LogP contribution in [0, 0.1) is 11.3 Å². The van der Waals surface area contributed by atoms with Gasteiger partial charge in [-0.2, -0.15) is 5.26 Å². The minimum atomic E-state index is 0.674. The third kappa shape index (κ3) is 1.74. The van der Waals surface area contributed by atoms with Gasteiger partial charge in [0.2, 0.25) is 0 Å². The highest BCUT2D eigenvalue weighted by atomic mass is 32.2. The quantitative estimate of drug-likeness (QED) is 0.508. The number of nitrogens with zero attached hydrogens (tertiary/aromatic N) is 2. The van der Waals surface area contributed by atoms with Crippen LogP contribution in [0.3, 0.4) is 0 Å². The van der Waals surface area contributed by atoms with Crippen molar-refractivity contribution < 1.29 is 0 Å². The predicted octanol–water partition coefficient (Wildman–Crippen LogP) is 1.68. The second kappa shape index (κ2) is 3.10. The van der Waals surface area contributed by atoms with Gasteiger partial charge in [-0.25, -0.2) is 0 Å². The van der Waals surface area contributed by atoms with Gasteiger partial charge in [-0.15, -0.1) is 0 Å². The summed E-state index contributed by atoms with van der Waals surface area (Å²) in [6.07, 6.45) is 5.13. The first-order chi connectivity index (χ1) is 4.43. The van der Waals surface area contributed by atoms with Gasteiger partial charge in [0.25, 0.3) is 0 Å². The van der Waals surface area contributed by atoms with Crippen molar-refractivity contribution in [1.82, 2.24) is 0 Å². The largest absolute Gasteiger partial charge is 0.258 e. The van der Waals surface area contributed by atoms with E-state index in [0.717, 1.165) is 0 Å². The second-order valence-corrected chi connectivity index (χ2v) is 2.24. The Labute approximate surface area is 57.6 Å². The molecule has 0 saturated heterocycles. The summed E-state index contributed by atoms with van der Waals surface area (Å²) >= 11 is 1.33. The van der Waals surface area contributed by atoms with Gasteiger partial charge in [0, 0.05) is 6.20 Å². The molecule has 44 valence electrons. The van der Waals surface area contributed by atoms with Crippen molar-refractivity contribution in [3.63, 3.8) is 0 Å². The van der Waals surface area contributed by atoms with Crippen LogP contribution in [0.1, 0.15) is 0 Å². The summed E-state index contributed by atoms with van der Waals surface area (Å²) in [6.45, 7) is 0. The molecule has 0 bridgehead atoms. The molecule has 1 heterocycles. The first-order valence-electron chi connectivity index (χ1n) is 2.39. The lowest BCUT2D eigenvalue weighted by atomic mass is 10.5. The van der Waals surface area contributed by atoms with Gasteiger partial charge in [-0.1, -0.05) is 11.8 Å². The van der Waals surface area contributed by atoms with Crippen LogP contribution in [0.5, 0.6) is 0 Å². The van der Waals surface area contributed by atoms with Crippen LogP contribution in [0.15, 0.2) is 28.2 Å². The molecule has 0 aromatic rings. The lowest BCUT2D eigenvalue weighted by Gasteiger charge is -1.81. The van der Waals surface area contributed by atoms with Gasteiger partial charge in [-0.05, 0) is 12.2 Å². The Hall–Kier alpha value is -1.01. The van der Waals surface area contributed by atoms with Crippen LogP contribution < -0.4 is 0 Å². The molecule has 1 rings (SSSR count). The van der Waals surface area contributed by atoms with Crippen molar-refractivity contribution in [2.24, 2.45) is 4.99 Å². The Morgan fingerprint density at radius 1 is 1.67 bits per heavy atom. The molecule has 0 saturated carbocycles. The maximum atomic E-state index is 8.38. The summed E-state index contributed by atoms with van der Waals surface area (Å²) in [5, 5.41) is 8.38. The van der Waals surface area contributed by atoms with Gasteiger partial charge < -0.3 is 0 Å². The van der Waals surface area contributed by atoms with E-state index in [1.54, 1.807) is 23.9 Å². The van der Waals surface area contributed by atoms with E-state index >= 15 is 0 Å². The molecular weight excluding hydrogens is 132 g/mol. The standard InChI is InChI=1S/C6H4N2S/c7-4-6-2-1-3-8-5-9-6/h1-3,5H. The van der Waals surface area contributed by atoms with E-state index in [4.69, 9.17) is 5.26 Å². The first kappa shape index (κ1) is 6.12. The van der Waals surface area contributed by atoms with E-state index in [0.29, 0.717) is 4.91 Å². The number of allylic oxidation sites excluding steroid dienone is 3. The number of hydrogen-bond donors (Lipinski definition) is 0. The third-order valence-electron chi connectivity index (χ3n) is 0.770. The van der Waals surface area contributed by atoms with E-state index in [1.165, 1.54) is 11.8 Å². The van der Waals surface area contributed by atoms with E-state index < -0.39 is 0 Å². The Bertz CT molecular complexity index is 220. The third-order valence-corrected chi connectivity index (χ3v) is 1.48. The Morgan fingerprint density at radius 3 is 3.33 bits per heavy atom.